The van der Waals surface area contributed by atoms with Crippen molar-refractivity contribution in [1.29, 1.82) is 0 Å². The molecule has 3 rings (SSSR count). The average Bonchev–Trinajstić information content (AvgIpc) is 3.24. The van der Waals surface area contributed by atoms with Crippen LogP contribution in [-0.4, -0.2) is 6.29 Å². The fourth-order valence-electron chi connectivity index (χ4n) is 2.53. The number of anilines is 2. The zero-order chi connectivity index (χ0) is 18.2. The van der Waals surface area contributed by atoms with Crippen LogP contribution >= 0.6 is 11.3 Å². The highest BCUT2D eigenvalue weighted by molar-refractivity contribution is 7.14. The molecule has 2 nitrogen and oxygen atoms in total. The summed E-state index contributed by atoms with van der Waals surface area (Å²) in [5.74, 6) is 0. The molecule has 0 N–H and O–H groups in total. The van der Waals surface area contributed by atoms with Crippen molar-refractivity contribution in [3.05, 3.63) is 109 Å². The van der Waals surface area contributed by atoms with Gasteiger partial charge < -0.3 is 4.90 Å². The molecule has 1 heterocycles. The zero-order valence-corrected chi connectivity index (χ0v) is 15.1. The molecule has 0 saturated carbocycles. The first-order chi connectivity index (χ1) is 12.8. The van der Waals surface area contributed by atoms with Gasteiger partial charge in [0.25, 0.3) is 0 Å². The SMILES string of the molecule is C=CC(C=O)=CC=CN(c1ccc(-c2ccccc2)cc1)c1cccs1. The van der Waals surface area contributed by atoms with E-state index in [2.05, 4.69) is 53.9 Å². The lowest BCUT2D eigenvalue weighted by atomic mass is 10.1. The Morgan fingerprint density at radius 2 is 1.65 bits per heavy atom. The third-order valence-corrected chi connectivity index (χ3v) is 4.76. The van der Waals surface area contributed by atoms with E-state index in [-0.39, 0.29) is 0 Å². The summed E-state index contributed by atoms with van der Waals surface area (Å²) in [5, 5.41) is 3.15. The lowest BCUT2D eigenvalue weighted by molar-refractivity contribution is -0.104. The van der Waals surface area contributed by atoms with Crippen LogP contribution in [0.1, 0.15) is 0 Å². The van der Waals surface area contributed by atoms with Gasteiger partial charge in [0.15, 0.2) is 0 Å². The summed E-state index contributed by atoms with van der Waals surface area (Å²) >= 11 is 1.66. The number of nitrogens with zero attached hydrogens (tertiary/aromatic N) is 1. The van der Waals surface area contributed by atoms with Crippen molar-refractivity contribution in [2.75, 3.05) is 4.90 Å². The molecule has 128 valence electrons. The van der Waals surface area contributed by atoms with Crippen molar-refractivity contribution < 1.29 is 4.79 Å². The summed E-state index contributed by atoms with van der Waals surface area (Å²) in [6.07, 6.45) is 7.90. The molecule has 0 bridgehead atoms. The maximum Gasteiger partial charge on any atom is 0.150 e. The molecule has 0 aliphatic rings. The molecule has 0 spiro atoms. The van der Waals surface area contributed by atoms with E-state index in [4.69, 9.17) is 0 Å². The Morgan fingerprint density at radius 3 is 2.27 bits per heavy atom. The second-order valence-corrected chi connectivity index (χ2v) is 6.49. The van der Waals surface area contributed by atoms with Gasteiger partial charge >= 0.3 is 0 Å². The van der Waals surface area contributed by atoms with Gasteiger partial charge in [0.05, 0.1) is 5.00 Å². The van der Waals surface area contributed by atoms with Crippen molar-refractivity contribution in [3.63, 3.8) is 0 Å². The Kier molecular flexibility index (Phi) is 5.96. The molecule has 0 radical (unpaired) electrons. The molecule has 3 aromatic rings. The third-order valence-electron chi connectivity index (χ3n) is 3.89. The molecule has 0 saturated heterocycles. The van der Waals surface area contributed by atoms with Crippen LogP contribution < -0.4 is 4.90 Å². The van der Waals surface area contributed by atoms with E-state index in [0.29, 0.717) is 5.57 Å². The Labute approximate surface area is 158 Å². The Morgan fingerprint density at radius 1 is 0.923 bits per heavy atom. The largest absolute Gasteiger partial charge is 0.309 e. The van der Waals surface area contributed by atoms with E-state index in [1.165, 1.54) is 11.1 Å². The summed E-state index contributed by atoms with van der Waals surface area (Å²) in [4.78, 5) is 13.0. The number of carbonyl (C=O) groups is 1. The molecule has 3 heteroatoms. The van der Waals surface area contributed by atoms with Gasteiger partial charge in [0.1, 0.15) is 6.29 Å². The summed E-state index contributed by atoms with van der Waals surface area (Å²) in [7, 11) is 0. The highest BCUT2D eigenvalue weighted by atomic mass is 32.1. The molecular formula is C23H19NOS. The molecule has 0 aliphatic heterocycles. The number of aldehydes is 1. The van der Waals surface area contributed by atoms with Crippen molar-refractivity contribution >= 4 is 28.3 Å². The van der Waals surface area contributed by atoms with Gasteiger partial charge in [0.2, 0.25) is 0 Å². The minimum Gasteiger partial charge on any atom is -0.309 e. The maximum absolute atomic E-state index is 10.9. The monoisotopic (exact) mass is 357 g/mol. The number of allylic oxidation sites excluding steroid dienone is 4. The van der Waals surface area contributed by atoms with Crippen molar-refractivity contribution in [1.82, 2.24) is 0 Å². The Hall–Kier alpha value is -3.17. The highest BCUT2D eigenvalue weighted by Gasteiger charge is 2.07. The first-order valence-electron chi connectivity index (χ1n) is 8.26. The number of carbonyl (C=O) groups excluding carboxylic acids is 1. The molecular weight excluding hydrogens is 338 g/mol. The molecule has 0 aliphatic carbocycles. The fourth-order valence-corrected chi connectivity index (χ4v) is 3.27. The van der Waals surface area contributed by atoms with Crippen LogP contribution in [0, 0.1) is 0 Å². The van der Waals surface area contributed by atoms with E-state index in [1.807, 2.05) is 41.9 Å². The van der Waals surface area contributed by atoms with Crippen LogP contribution in [0.25, 0.3) is 11.1 Å². The fraction of sp³-hybridized carbons (Fsp3) is 0. The highest BCUT2D eigenvalue weighted by Crippen LogP contribution is 2.31. The quantitative estimate of drug-likeness (QED) is 0.278. The number of hydrogen-bond donors (Lipinski definition) is 0. The normalized spacial score (nSPS) is 11.5. The lowest BCUT2D eigenvalue weighted by Crippen LogP contribution is -2.06. The Balaban J connectivity index is 1.90. The molecule has 1 aromatic heterocycles. The minimum atomic E-state index is 0.548. The van der Waals surface area contributed by atoms with E-state index in [1.54, 1.807) is 23.5 Å². The van der Waals surface area contributed by atoms with Crippen molar-refractivity contribution in [3.8, 4) is 11.1 Å². The summed E-state index contributed by atoms with van der Waals surface area (Å²) in [6, 6.07) is 22.8. The first-order valence-corrected chi connectivity index (χ1v) is 9.14. The van der Waals surface area contributed by atoms with Crippen molar-refractivity contribution in [2.45, 2.75) is 0 Å². The van der Waals surface area contributed by atoms with E-state index >= 15 is 0 Å². The summed E-state index contributed by atoms with van der Waals surface area (Å²) < 4.78 is 0. The van der Waals surface area contributed by atoms with Crippen LogP contribution in [0.4, 0.5) is 10.7 Å². The molecule has 26 heavy (non-hydrogen) atoms. The smallest absolute Gasteiger partial charge is 0.150 e. The van der Waals surface area contributed by atoms with Gasteiger partial charge in [-0.2, -0.15) is 0 Å². The topological polar surface area (TPSA) is 20.3 Å². The number of thiophene rings is 1. The standard InChI is InChI=1S/C23H19NOS/c1-2-19(18-25)8-6-16-24(23-11-7-17-26-23)22-14-12-21(13-15-22)20-9-4-3-5-10-20/h2-18H,1H2. The summed E-state index contributed by atoms with van der Waals surface area (Å²) in [6.45, 7) is 3.63. The molecule has 0 atom stereocenters. The van der Waals surface area contributed by atoms with E-state index in [9.17, 15) is 4.79 Å². The second kappa shape index (κ2) is 8.79. The van der Waals surface area contributed by atoms with E-state index < -0.39 is 0 Å². The maximum atomic E-state index is 10.9. The second-order valence-electron chi connectivity index (χ2n) is 5.56. The predicted octanol–water partition coefficient (Wildman–Crippen LogP) is 6.38. The van der Waals surface area contributed by atoms with Gasteiger partial charge in [-0.05, 0) is 46.8 Å². The number of rotatable bonds is 7. The molecule has 2 aromatic carbocycles. The first kappa shape index (κ1) is 17.6. The lowest BCUT2D eigenvalue weighted by Gasteiger charge is -2.19. The van der Waals surface area contributed by atoms with Crippen LogP contribution in [0.5, 0.6) is 0 Å². The van der Waals surface area contributed by atoms with Crippen LogP contribution in [0.15, 0.2) is 109 Å². The van der Waals surface area contributed by atoms with Crippen LogP contribution in [-0.2, 0) is 4.79 Å². The average molecular weight is 357 g/mol. The van der Waals surface area contributed by atoms with Crippen LogP contribution in [0.2, 0.25) is 0 Å². The van der Waals surface area contributed by atoms with Gasteiger partial charge in [-0.25, -0.2) is 0 Å². The van der Waals surface area contributed by atoms with Gasteiger partial charge in [0, 0.05) is 17.5 Å². The van der Waals surface area contributed by atoms with Gasteiger partial charge in [-0.1, -0.05) is 61.2 Å². The minimum absolute atomic E-state index is 0.548. The molecule has 0 fully saturated rings. The predicted molar refractivity (Wildman–Crippen MR) is 112 cm³/mol. The van der Waals surface area contributed by atoms with Gasteiger partial charge in [-0.15, -0.1) is 11.3 Å². The zero-order valence-electron chi connectivity index (χ0n) is 14.3. The molecule has 0 amide bonds. The van der Waals surface area contributed by atoms with Crippen molar-refractivity contribution in [2.24, 2.45) is 0 Å². The van der Waals surface area contributed by atoms with Crippen LogP contribution in [0.3, 0.4) is 0 Å². The summed E-state index contributed by atoms with van der Waals surface area (Å²) in [5.41, 5.74) is 3.98. The number of hydrogen-bond acceptors (Lipinski definition) is 3. The number of benzene rings is 2. The Bertz CT molecular complexity index is 897. The van der Waals surface area contributed by atoms with E-state index in [0.717, 1.165) is 17.0 Å². The third kappa shape index (κ3) is 4.26. The molecule has 0 unspecified atom stereocenters. The van der Waals surface area contributed by atoms with Gasteiger partial charge in [-0.3, -0.25) is 4.79 Å².